The molecule has 2 fully saturated rings. The molecule has 0 aromatic carbocycles. The fourth-order valence-corrected chi connectivity index (χ4v) is 3.65. The van der Waals surface area contributed by atoms with Crippen LogP contribution in [0.15, 0.2) is 0 Å². The van der Waals surface area contributed by atoms with Gasteiger partial charge in [0.1, 0.15) is 6.04 Å². The number of nitrogens with zero attached hydrogens (tertiary/aromatic N) is 1. The van der Waals surface area contributed by atoms with E-state index in [1.165, 1.54) is 32.1 Å². The Morgan fingerprint density at radius 1 is 1.23 bits per heavy atom. The molecule has 1 aliphatic heterocycles. The van der Waals surface area contributed by atoms with Crippen LogP contribution in [0.3, 0.4) is 0 Å². The van der Waals surface area contributed by atoms with Crippen molar-refractivity contribution in [3.63, 3.8) is 0 Å². The van der Waals surface area contributed by atoms with Crippen LogP contribution in [0.2, 0.25) is 0 Å². The molecule has 1 N–H and O–H groups in total. The number of nitriles is 1. The summed E-state index contributed by atoms with van der Waals surface area (Å²) >= 11 is 1.95. The third-order valence-electron chi connectivity index (χ3n) is 3.04. The molecule has 0 aromatic rings. The van der Waals surface area contributed by atoms with E-state index >= 15 is 0 Å². The fraction of sp³-hybridized carbons (Fsp3) is 0.900. The van der Waals surface area contributed by atoms with Gasteiger partial charge < -0.3 is 0 Å². The zero-order chi connectivity index (χ0) is 9.10. The van der Waals surface area contributed by atoms with Crippen LogP contribution in [0, 0.1) is 17.2 Å². The predicted molar refractivity (Wildman–Crippen MR) is 55.4 cm³/mol. The van der Waals surface area contributed by atoms with Gasteiger partial charge in [0.05, 0.1) is 11.4 Å². The minimum atomic E-state index is 0.108. The molecule has 2 atom stereocenters. The van der Waals surface area contributed by atoms with Crippen LogP contribution in [0.5, 0.6) is 0 Å². The van der Waals surface area contributed by atoms with Crippen molar-refractivity contribution in [2.45, 2.75) is 43.5 Å². The predicted octanol–water partition coefficient (Wildman–Crippen LogP) is 2.12. The Hall–Kier alpha value is -0.200. The summed E-state index contributed by atoms with van der Waals surface area (Å²) in [6.07, 6.45) is 6.92. The van der Waals surface area contributed by atoms with Crippen molar-refractivity contribution in [1.29, 1.82) is 5.26 Å². The summed E-state index contributed by atoms with van der Waals surface area (Å²) in [5.74, 6) is 1.81. The summed E-state index contributed by atoms with van der Waals surface area (Å²) in [5, 5.41) is 12.7. The molecule has 1 saturated carbocycles. The molecule has 2 aliphatic rings. The van der Waals surface area contributed by atoms with Gasteiger partial charge >= 0.3 is 0 Å². The summed E-state index contributed by atoms with van der Waals surface area (Å²) in [4.78, 5) is 0. The lowest BCUT2D eigenvalue weighted by Gasteiger charge is -2.26. The molecular formula is C10H16N2S. The van der Waals surface area contributed by atoms with Gasteiger partial charge in [0.15, 0.2) is 0 Å². The van der Waals surface area contributed by atoms with E-state index in [4.69, 9.17) is 5.26 Å². The van der Waals surface area contributed by atoms with Crippen molar-refractivity contribution in [3.05, 3.63) is 0 Å². The minimum Gasteiger partial charge on any atom is -0.289 e. The quantitative estimate of drug-likeness (QED) is 0.698. The van der Waals surface area contributed by atoms with E-state index in [9.17, 15) is 0 Å². The third-order valence-corrected chi connectivity index (χ3v) is 4.45. The SMILES string of the molecule is N#CC1CSC(C2CCCCC2)N1. The molecule has 2 rings (SSSR count). The summed E-state index contributed by atoms with van der Waals surface area (Å²) in [5.41, 5.74) is 0. The highest BCUT2D eigenvalue weighted by Crippen LogP contribution is 2.34. The molecule has 0 bridgehead atoms. The molecule has 1 saturated heterocycles. The van der Waals surface area contributed by atoms with E-state index in [0.29, 0.717) is 5.37 Å². The van der Waals surface area contributed by atoms with Crippen molar-refractivity contribution in [2.24, 2.45) is 5.92 Å². The van der Waals surface area contributed by atoms with Crippen LogP contribution < -0.4 is 5.32 Å². The van der Waals surface area contributed by atoms with Crippen molar-refractivity contribution < 1.29 is 0 Å². The van der Waals surface area contributed by atoms with Crippen LogP contribution in [-0.4, -0.2) is 17.2 Å². The summed E-state index contributed by atoms with van der Waals surface area (Å²) in [6.45, 7) is 0. The highest BCUT2D eigenvalue weighted by atomic mass is 32.2. The van der Waals surface area contributed by atoms with E-state index in [-0.39, 0.29) is 6.04 Å². The molecule has 1 aliphatic carbocycles. The zero-order valence-electron chi connectivity index (χ0n) is 7.83. The average Bonchev–Trinajstić information content (AvgIpc) is 2.67. The second kappa shape index (κ2) is 4.34. The zero-order valence-corrected chi connectivity index (χ0v) is 8.65. The van der Waals surface area contributed by atoms with Crippen molar-refractivity contribution in [2.75, 3.05) is 5.75 Å². The number of nitrogens with one attached hydrogen (secondary N) is 1. The number of rotatable bonds is 1. The first kappa shape index (κ1) is 9.36. The maximum Gasteiger partial charge on any atom is 0.105 e. The Kier molecular flexibility index (Phi) is 3.13. The molecule has 3 heteroatoms. The molecule has 0 aromatic heterocycles. The van der Waals surface area contributed by atoms with Crippen molar-refractivity contribution >= 4 is 11.8 Å². The lowest BCUT2D eigenvalue weighted by Crippen LogP contribution is -2.34. The lowest BCUT2D eigenvalue weighted by molar-refractivity contribution is 0.327. The molecule has 2 nitrogen and oxygen atoms in total. The minimum absolute atomic E-state index is 0.108. The Labute approximate surface area is 84.1 Å². The summed E-state index contributed by atoms with van der Waals surface area (Å²) in [6, 6.07) is 2.41. The Morgan fingerprint density at radius 3 is 2.62 bits per heavy atom. The maximum absolute atomic E-state index is 8.76. The Bertz CT molecular complexity index is 205. The van der Waals surface area contributed by atoms with Gasteiger partial charge in [-0.25, -0.2) is 0 Å². The molecule has 13 heavy (non-hydrogen) atoms. The van der Waals surface area contributed by atoms with Crippen LogP contribution in [0.4, 0.5) is 0 Å². The van der Waals surface area contributed by atoms with Crippen LogP contribution >= 0.6 is 11.8 Å². The van der Waals surface area contributed by atoms with Gasteiger partial charge in [-0.05, 0) is 18.8 Å². The number of thioether (sulfide) groups is 1. The van der Waals surface area contributed by atoms with E-state index in [0.717, 1.165) is 11.7 Å². The lowest BCUT2D eigenvalue weighted by atomic mass is 9.89. The second-order valence-electron chi connectivity index (χ2n) is 4.00. The van der Waals surface area contributed by atoms with Gasteiger partial charge in [0.25, 0.3) is 0 Å². The number of hydrogen-bond acceptors (Lipinski definition) is 3. The van der Waals surface area contributed by atoms with E-state index < -0.39 is 0 Å². The monoisotopic (exact) mass is 196 g/mol. The van der Waals surface area contributed by atoms with Crippen LogP contribution in [0.1, 0.15) is 32.1 Å². The molecule has 2 unspecified atom stereocenters. The number of hydrogen-bond donors (Lipinski definition) is 1. The van der Waals surface area contributed by atoms with Crippen molar-refractivity contribution in [1.82, 2.24) is 5.32 Å². The first-order chi connectivity index (χ1) is 6.40. The smallest absolute Gasteiger partial charge is 0.105 e. The Morgan fingerprint density at radius 2 is 2.00 bits per heavy atom. The van der Waals surface area contributed by atoms with Crippen molar-refractivity contribution in [3.8, 4) is 6.07 Å². The van der Waals surface area contributed by atoms with Gasteiger partial charge in [-0.15, -0.1) is 11.8 Å². The largest absolute Gasteiger partial charge is 0.289 e. The molecule has 0 amide bonds. The Balaban J connectivity index is 1.84. The van der Waals surface area contributed by atoms with E-state index in [1.54, 1.807) is 0 Å². The third kappa shape index (κ3) is 2.18. The second-order valence-corrected chi connectivity index (χ2v) is 5.17. The first-order valence-corrected chi connectivity index (χ1v) is 6.22. The molecule has 0 spiro atoms. The standard InChI is InChI=1S/C10H16N2S/c11-6-9-7-13-10(12-9)8-4-2-1-3-5-8/h8-10,12H,1-5,7H2. The summed E-state index contributed by atoms with van der Waals surface area (Å²) < 4.78 is 0. The molecule has 1 heterocycles. The fourth-order valence-electron chi connectivity index (χ4n) is 2.28. The van der Waals surface area contributed by atoms with Gasteiger partial charge in [-0.2, -0.15) is 5.26 Å². The highest BCUT2D eigenvalue weighted by molar-refractivity contribution is 8.00. The van der Waals surface area contributed by atoms with E-state index in [2.05, 4.69) is 11.4 Å². The maximum atomic E-state index is 8.76. The van der Waals surface area contributed by atoms with Gasteiger partial charge in [0, 0.05) is 5.75 Å². The van der Waals surface area contributed by atoms with Gasteiger partial charge in [0.2, 0.25) is 0 Å². The normalized spacial score (nSPS) is 35.9. The summed E-state index contributed by atoms with van der Waals surface area (Å²) in [7, 11) is 0. The average molecular weight is 196 g/mol. The van der Waals surface area contributed by atoms with E-state index in [1.807, 2.05) is 11.8 Å². The van der Waals surface area contributed by atoms with Crippen LogP contribution in [0.25, 0.3) is 0 Å². The molecule has 72 valence electrons. The van der Waals surface area contributed by atoms with Gasteiger partial charge in [-0.3, -0.25) is 5.32 Å². The highest BCUT2D eigenvalue weighted by Gasteiger charge is 2.31. The molecular weight excluding hydrogens is 180 g/mol. The molecule has 0 radical (unpaired) electrons. The van der Waals surface area contributed by atoms with Gasteiger partial charge in [-0.1, -0.05) is 19.3 Å². The first-order valence-electron chi connectivity index (χ1n) is 5.17. The topological polar surface area (TPSA) is 35.8 Å². The van der Waals surface area contributed by atoms with Crippen LogP contribution in [-0.2, 0) is 0 Å².